The number of esters is 1. The standard InChI is InChI=1S/C21H25NO4/c1-14-6-5-7-18(12-14)25-11-10-20(23)26-17(4)21(24)22-19-13-15(2)8-9-16(19)3/h5-9,12-13,17H,10-11H2,1-4H3,(H,22,24)/t17-/m1/s1. The van der Waals surface area contributed by atoms with Gasteiger partial charge in [-0.3, -0.25) is 9.59 Å². The largest absolute Gasteiger partial charge is 0.493 e. The van der Waals surface area contributed by atoms with Crippen LogP contribution in [0.5, 0.6) is 5.75 Å². The van der Waals surface area contributed by atoms with E-state index >= 15 is 0 Å². The van der Waals surface area contributed by atoms with Gasteiger partial charge in [0.15, 0.2) is 6.10 Å². The van der Waals surface area contributed by atoms with Gasteiger partial charge in [0.25, 0.3) is 5.91 Å². The Morgan fingerprint density at radius 2 is 1.77 bits per heavy atom. The highest BCUT2D eigenvalue weighted by Gasteiger charge is 2.18. The summed E-state index contributed by atoms with van der Waals surface area (Å²) in [5.74, 6) is -0.119. The third kappa shape index (κ3) is 5.92. The van der Waals surface area contributed by atoms with E-state index in [2.05, 4.69) is 5.32 Å². The predicted molar refractivity (Wildman–Crippen MR) is 101 cm³/mol. The number of carbonyl (C=O) groups is 2. The minimum atomic E-state index is -0.874. The highest BCUT2D eigenvalue weighted by molar-refractivity contribution is 5.95. The van der Waals surface area contributed by atoms with Gasteiger partial charge in [0.05, 0.1) is 13.0 Å². The van der Waals surface area contributed by atoms with Crippen LogP contribution in [0.15, 0.2) is 42.5 Å². The van der Waals surface area contributed by atoms with Gasteiger partial charge in [-0.25, -0.2) is 0 Å². The number of hydrogen-bond donors (Lipinski definition) is 1. The summed E-state index contributed by atoms with van der Waals surface area (Å²) in [6.45, 7) is 7.59. The highest BCUT2D eigenvalue weighted by Crippen LogP contribution is 2.17. The summed E-state index contributed by atoms with van der Waals surface area (Å²) < 4.78 is 10.7. The van der Waals surface area contributed by atoms with Crippen molar-refractivity contribution in [3.05, 3.63) is 59.2 Å². The SMILES string of the molecule is Cc1cccc(OCCC(=O)O[C@H](C)C(=O)Nc2cc(C)ccc2C)c1. The maximum absolute atomic E-state index is 12.2. The maximum Gasteiger partial charge on any atom is 0.310 e. The van der Waals surface area contributed by atoms with Crippen LogP contribution in [0.25, 0.3) is 0 Å². The Balaban J connectivity index is 1.78. The van der Waals surface area contributed by atoms with Gasteiger partial charge in [0, 0.05) is 5.69 Å². The molecule has 0 aliphatic heterocycles. The molecule has 5 nitrogen and oxygen atoms in total. The van der Waals surface area contributed by atoms with E-state index < -0.39 is 12.1 Å². The number of carbonyl (C=O) groups excluding carboxylic acids is 2. The molecule has 1 atom stereocenters. The van der Waals surface area contributed by atoms with Gasteiger partial charge in [-0.1, -0.05) is 24.3 Å². The van der Waals surface area contributed by atoms with E-state index in [-0.39, 0.29) is 18.9 Å². The first-order chi connectivity index (χ1) is 12.3. The van der Waals surface area contributed by atoms with Crippen molar-refractivity contribution in [2.45, 2.75) is 40.2 Å². The zero-order valence-corrected chi connectivity index (χ0v) is 15.7. The molecule has 5 heteroatoms. The predicted octanol–water partition coefficient (Wildman–Crippen LogP) is 3.95. The van der Waals surface area contributed by atoms with Crippen molar-refractivity contribution in [1.29, 1.82) is 0 Å². The molecule has 0 fully saturated rings. The molecule has 0 aliphatic carbocycles. The minimum absolute atomic E-state index is 0.0784. The van der Waals surface area contributed by atoms with Crippen molar-refractivity contribution >= 4 is 17.6 Å². The lowest BCUT2D eigenvalue weighted by molar-refractivity contribution is -0.153. The summed E-state index contributed by atoms with van der Waals surface area (Å²) >= 11 is 0. The lowest BCUT2D eigenvalue weighted by Crippen LogP contribution is -2.30. The monoisotopic (exact) mass is 355 g/mol. The number of ether oxygens (including phenoxy) is 2. The lowest BCUT2D eigenvalue weighted by Gasteiger charge is -2.15. The van der Waals surface area contributed by atoms with Crippen LogP contribution in [0, 0.1) is 20.8 Å². The second-order valence-electron chi connectivity index (χ2n) is 6.35. The van der Waals surface area contributed by atoms with Crippen LogP contribution in [-0.2, 0) is 14.3 Å². The summed E-state index contributed by atoms with van der Waals surface area (Å²) in [5.41, 5.74) is 3.81. The van der Waals surface area contributed by atoms with Crippen LogP contribution in [0.4, 0.5) is 5.69 Å². The molecule has 0 spiro atoms. The van der Waals surface area contributed by atoms with E-state index in [1.807, 2.05) is 63.2 Å². The summed E-state index contributed by atoms with van der Waals surface area (Å²) in [6.07, 6.45) is -0.795. The normalized spacial score (nSPS) is 11.5. The molecule has 0 unspecified atom stereocenters. The molecule has 2 rings (SSSR count). The molecule has 26 heavy (non-hydrogen) atoms. The number of aryl methyl sites for hydroxylation is 3. The minimum Gasteiger partial charge on any atom is -0.493 e. The molecule has 1 N–H and O–H groups in total. The zero-order chi connectivity index (χ0) is 19.1. The van der Waals surface area contributed by atoms with Crippen LogP contribution in [0.2, 0.25) is 0 Å². The number of hydrogen-bond acceptors (Lipinski definition) is 4. The Morgan fingerprint density at radius 1 is 1.04 bits per heavy atom. The Bertz CT molecular complexity index is 785. The lowest BCUT2D eigenvalue weighted by atomic mass is 10.1. The van der Waals surface area contributed by atoms with Crippen molar-refractivity contribution in [2.24, 2.45) is 0 Å². The molecule has 0 saturated carbocycles. The molecule has 0 aromatic heterocycles. The van der Waals surface area contributed by atoms with E-state index in [0.717, 1.165) is 22.4 Å². The van der Waals surface area contributed by atoms with E-state index in [1.54, 1.807) is 6.92 Å². The van der Waals surface area contributed by atoms with Crippen LogP contribution in [0.3, 0.4) is 0 Å². The van der Waals surface area contributed by atoms with E-state index in [0.29, 0.717) is 5.75 Å². The smallest absolute Gasteiger partial charge is 0.310 e. The molecule has 2 aromatic carbocycles. The number of nitrogens with one attached hydrogen (secondary N) is 1. The Kier molecular flexibility index (Phi) is 6.78. The van der Waals surface area contributed by atoms with Gasteiger partial charge in [-0.05, 0) is 62.6 Å². The molecule has 0 heterocycles. The zero-order valence-electron chi connectivity index (χ0n) is 15.7. The maximum atomic E-state index is 12.2. The average Bonchev–Trinajstić information content (AvgIpc) is 2.58. The number of amides is 1. The number of anilines is 1. The van der Waals surface area contributed by atoms with Crippen molar-refractivity contribution in [2.75, 3.05) is 11.9 Å². The van der Waals surface area contributed by atoms with Crippen LogP contribution in [0.1, 0.15) is 30.0 Å². The second kappa shape index (κ2) is 9.04. The fraction of sp³-hybridized carbons (Fsp3) is 0.333. The molecule has 0 saturated heterocycles. The van der Waals surface area contributed by atoms with Crippen LogP contribution >= 0.6 is 0 Å². The van der Waals surface area contributed by atoms with Gasteiger partial charge >= 0.3 is 5.97 Å². The van der Waals surface area contributed by atoms with Gasteiger partial charge in [0.2, 0.25) is 0 Å². The molecule has 0 aliphatic rings. The molecule has 1 amide bonds. The first-order valence-corrected chi connectivity index (χ1v) is 8.62. The third-order valence-electron chi connectivity index (χ3n) is 3.89. The van der Waals surface area contributed by atoms with Crippen LogP contribution in [-0.4, -0.2) is 24.6 Å². The van der Waals surface area contributed by atoms with Gasteiger partial charge in [-0.15, -0.1) is 0 Å². The van der Waals surface area contributed by atoms with Gasteiger partial charge in [0.1, 0.15) is 5.75 Å². The van der Waals surface area contributed by atoms with Crippen molar-refractivity contribution in [3.8, 4) is 5.75 Å². The van der Waals surface area contributed by atoms with Gasteiger partial charge in [-0.2, -0.15) is 0 Å². The van der Waals surface area contributed by atoms with E-state index in [1.165, 1.54) is 0 Å². The average molecular weight is 355 g/mol. The fourth-order valence-corrected chi connectivity index (χ4v) is 2.37. The summed E-state index contributed by atoms with van der Waals surface area (Å²) in [6, 6.07) is 13.4. The van der Waals surface area contributed by atoms with Crippen molar-refractivity contribution in [1.82, 2.24) is 0 Å². The molecular weight excluding hydrogens is 330 g/mol. The summed E-state index contributed by atoms with van der Waals surface area (Å²) in [7, 11) is 0. The first kappa shape index (κ1) is 19.5. The third-order valence-corrected chi connectivity index (χ3v) is 3.89. The van der Waals surface area contributed by atoms with Crippen molar-refractivity contribution in [3.63, 3.8) is 0 Å². The highest BCUT2D eigenvalue weighted by atomic mass is 16.5. The van der Waals surface area contributed by atoms with E-state index in [9.17, 15) is 9.59 Å². The van der Waals surface area contributed by atoms with Crippen molar-refractivity contribution < 1.29 is 19.1 Å². The van der Waals surface area contributed by atoms with Crippen LogP contribution < -0.4 is 10.1 Å². The number of benzene rings is 2. The molecule has 0 bridgehead atoms. The molecule has 2 aromatic rings. The fourth-order valence-electron chi connectivity index (χ4n) is 2.37. The first-order valence-electron chi connectivity index (χ1n) is 8.62. The summed E-state index contributed by atoms with van der Waals surface area (Å²) in [4.78, 5) is 24.1. The Hall–Kier alpha value is -2.82. The number of rotatable bonds is 7. The van der Waals surface area contributed by atoms with Gasteiger partial charge < -0.3 is 14.8 Å². The Morgan fingerprint density at radius 3 is 2.50 bits per heavy atom. The van der Waals surface area contributed by atoms with E-state index in [4.69, 9.17) is 9.47 Å². The topological polar surface area (TPSA) is 64.6 Å². The molecule has 0 radical (unpaired) electrons. The molecule has 138 valence electrons. The summed E-state index contributed by atoms with van der Waals surface area (Å²) in [5, 5.41) is 2.80. The quantitative estimate of drug-likeness (QED) is 0.764. The second-order valence-corrected chi connectivity index (χ2v) is 6.35. The Labute approximate surface area is 154 Å². The molecular formula is C21H25NO4.